The Balaban J connectivity index is 1.92. The number of likely N-dealkylation sites (tertiary alicyclic amines) is 1. The lowest BCUT2D eigenvalue weighted by atomic mass is 9.71. The highest BCUT2D eigenvalue weighted by molar-refractivity contribution is 5.74. The van der Waals surface area contributed by atoms with Crippen LogP contribution in [0.1, 0.15) is 32.1 Å². The molecule has 0 aromatic heterocycles. The number of carbonyl (C=O) groups is 1. The van der Waals surface area contributed by atoms with Crippen molar-refractivity contribution < 1.29 is 9.90 Å². The number of hydrogen-bond acceptors (Lipinski definition) is 2. The number of nitrogens with zero attached hydrogens (tertiary/aromatic N) is 1. The zero-order valence-electron chi connectivity index (χ0n) is 10.3. The van der Waals surface area contributed by atoms with Crippen LogP contribution < -0.4 is 5.32 Å². The molecule has 0 unspecified atom stereocenters. The smallest absolute Gasteiger partial charge is 0.317 e. The van der Waals surface area contributed by atoms with Crippen molar-refractivity contribution >= 4 is 6.03 Å². The lowest BCUT2D eigenvalue weighted by Gasteiger charge is -2.47. The second-order valence-electron chi connectivity index (χ2n) is 5.22. The molecule has 0 radical (unpaired) electrons. The summed E-state index contributed by atoms with van der Waals surface area (Å²) in [6.45, 7) is 5.44. The van der Waals surface area contributed by atoms with Gasteiger partial charge in [-0.25, -0.2) is 4.79 Å². The summed E-state index contributed by atoms with van der Waals surface area (Å²) in [6.07, 6.45) is 6.64. The highest BCUT2D eigenvalue weighted by Gasteiger charge is 2.43. The minimum Gasteiger partial charge on any atom is -0.389 e. The van der Waals surface area contributed by atoms with E-state index in [1.807, 2.05) is 4.90 Å². The van der Waals surface area contributed by atoms with Gasteiger partial charge in [-0.3, -0.25) is 0 Å². The Morgan fingerprint density at radius 1 is 1.53 bits per heavy atom. The highest BCUT2D eigenvalue weighted by atomic mass is 16.3. The Morgan fingerprint density at radius 3 is 3.12 bits per heavy atom. The van der Waals surface area contributed by atoms with Crippen LogP contribution in [0.3, 0.4) is 0 Å². The zero-order chi connectivity index (χ0) is 12.3. The van der Waals surface area contributed by atoms with Crippen molar-refractivity contribution in [2.75, 3.05) is 19.6 Å². The van der Waals surface area contributed by atoms with E-state index in [4.69, 9.17) is 0 Å². The third-order valence-corrected chi connectivity index (χ3v) is 4.11. The molecule has 2 rings (SSSR count). The molecule has 1 saturated heterocycles. The van der Waals surface area contributed by atoms with Gasteiger partial charge in [-0.1, -0.05) is 18.9 Å². The second kappa shape index (κ2) is 5.08. The molecular formula is C13H22N2O2. The predicted molar refractivity (Wildman–Crippen MR) is 66.7 cm³/mol. The van der Waals surface area contributed by atoms with Gasteiger partial charge in [0.2, 0.25) is 0 Å². The van der Waals surface area contributed by atoms with Crippen LogP contribution in [0.5, 0.6) is 0 Å². The maximum atomic E-state index is 11.8. The van der Waals surface area contributed by atoms with Crippen LogP contribution in [0.25, 0.3) is 0 Å². The van der Waals surface area contributed by atoms with Crippen molar-refractivity contribution in [1.82, 2.24) is 10.2 Å². The van der Waals surface area contributed by atoms with Gasteiger partial charge in [0.1, 0.15) is 0 Å². The van der Waals surface area contributed by atoms with E-state index < -0.39 is 5.60 Å². The summed E-state index contributed by atoms with van der Waals surface area (Å²) in [5.41, 5.74) is -0.506. The Morgan fingerprint density at radius 2 is 2.35 bits per heavy atom. The lowest BCUT2D eigenvalue weighted by molar-refractivity contribution is -0.0870. The van der Waals surface area contributed by atoms with Crippen LogP contribution in [-0.4, -0.2) is 41.3 Å². The molecule has 0 spiro atoms. The van der Waals surface area contributed by atoms with Crippen molar-refractivity contribution in [3.05, 3.63) is 12.7 Å². The molecule has 1 heterocycles. The average Bonchev–Trinajstić information content (AvgIpc) is 2.34. The highest BCUT2D eigenvalue weighted by Crippen LogP contribution is 2.39. The predicted octanol–water partition coefficient (Wildman–Crippen LogP) is 1.51. The molecule has 2 fully saturated rings. The van der Waals surface area contributed by atoms with Crippen molar-refractivity contribution in [2.45, 2.75) is 37.7 Å². The summed E-state index contributed by atoms with van der Waals surface area (Å²) >= 11 is 0. The molecule has 2 amide bonds. The van der Waals surface area contributed by atoms with Crippen LogP contribution >= 0.6 is 0 Å². The number of amides is 2. The van der Waals surface area contributed by atoms with E-state index in [1.54, 1.807) is 6.08 Å². The van der Waals surface area contributed by atoms with Gasteiger partial charge >= 0.3 is 6.03 Å². The van der Waals surface area contributed by atoms with E-state index in [0.717, 1.165) is 25.7 Å². The molecule has 1 aliphatic carbocycles. The third kappa shape index (κ3) is 2.63. The lowest BCUT2D eigenvalue weighted by Crippen LogP contribution is -2.56. The maximum absolute atomic E-state index is 11.8. The van der Waals surface area contributed by atoms with Crippen LogP contribution in [0.15, 0.2) is 12.7 Å². The third-order valence-electron chi connectivity index (χ3n) is 4.11. The number of carbonyl (C=O) groups excluding carboxylic acids is 1. The molecule has 1 aliphatic heterocycles. The monoisotopic (exact) mass is 238 g/mol. The molecule has 0 aromatic rings. The Bertz CT molecular complexity index is 306. The number of aliphatic hydroxyl groups is 1. The van der Waals surface area contributed by atoms with Crippen LogP contribution in [-0.2, 0) is 0 Å². The van der Waals surface area contributed by atoms with Gasteiger partial charge in [-0.15, -0.1) is 6.58 Å². The summed E-state index contributed by atoms with van der Waals surface area (Å²) in [7, 11) is 0. The number of hydrogen-bond donors (Lipinski definition) is 2. The summed E-state index contributed by atoms with van der Waals surface area (Å²) in [5, 5.41) is 13.3. The quantitative estimate of drug-likeness (QED) is 0.716. The minimum atomic E-state index is -0.506. The van der Waals surface area contributed by atoms with Gasteiger partial charge in [0.05, 0.1) is 5.60 Å². The fourth-order valence-corrected chi connectivity index (χ4v) is 3.03. The van der Waals surface area contributed by atoms with Gasteiger partial charge in [0.15, 0.2) is 0 Å². The minimum absolute atomic E-state index is 0.0301. The fourth-order valence-electron chi connectivity index (χ4n) is 3.03. The molecule has 4 heteroatoms. The molecule has 1 saturated carbocycles. The number of urea groups is 1. The van der Waals surface area contributed by atoms with E-state index in [2.05, 4.69) is 11.9 Å². The van der Waals surface area contributed by atoms with Crippen molar-refractivity contribution in [3.8, 4) is 0 Å². The van der Waals surface area contributed by atoms with Crippen LogP contribution in [0, 0.1) is 5.92 Å². The summed E-state index contributed by atoms with van der Waals surface area (Å²) in [6, 6.07) is -0.0301. The van der Waals surface area contributed by atoms with Crippen molar-refractivity contribution in [1.29, 1.82) is 0 Å². The summed E-state index contributed by atoms with van der Waals surface area (Å²) in [4.78, 5) is 13.6. The first kappa shape index (κ1) is 12.4. The summed E-state index contributed by atoms with van der Waals surface area (Å²) in [5.74, 6) is 0.263. The molecule has 2 aliphatic rings. The van der Waals surface area contributed by atoms with E-state index >= 15 is 0 Å². The SMILES string of the molecule is C=CCNC(=O)N1CC[C@@]2(O)CCCC[C@H]2C1. The Labute approximate surface area is 103 Å². The van der Waals surface area contributed by atoms with Gasteiger partial charge in [-0.05, 0) is 19.3 Å². The first-order valence-corrected chi connectivity index (χ1v) is 6.52. The largest absolute Gasteiger partial charge is 0.389 e. The van der Waals surface area contributed by atoms with Crippen LogP contribution in [0.2, 0.25) is 0 Å². The molecule has 0 bridgehead atoms. The number of nitrogens with one attached hydrogen (secondary N) is 1. The Kier molecular flexibility index (Phi) is 3.72. The normalized spacial score (nSPS) is 32.8. The van der Waals surface area contributed by atoms with Gasteiger partial charge in [-0.2, -0.15) is 0 Å². The van der Waals surface area contributed by atoms with Gasteiger partial charge in [0, 0.05) is 25.6 Å². The fraction of sp³-hybridized carbons (Fsp3) is 0.769. The zero-order valence-corrected chi connectivity index (χ0v) is 10.3. The first-order chi connectivity index (χ1) is 8.15. The summed E-state index contributed by atoms with van der Waals surface area (Å²) < 4.78 is 0. The topological polar surface area (TPSA) is 52.6 Å². The van der Waals surface area contributed by atoms with E-state index in [9.17, 15) is 9.90 Å². The van der Waals surface area contributed by atoms with E-state index in [-0.39, 0.29) is 11.9 Å². The first-order valence-electron chi connectivity index (χ1n) is 6.52. The second-order valence-corrected chi connectivity index (χ2v) is 5.22. The molecule has 4 nitrogen and oxygen atoms in total. The van der Waals surface area contributed by atoms with E-state index in [1.165, 1.54) is 6.42 Å². The van der Waals surface area contributed by atoms with E-state index in [0.29, 0.717) is 19.6 Å². The average molecular weight is 238 g/mol. The van der Waals surface area contributed by atoms with Gasteiger partial charge in [0.25, 0.3) is 0 Å². The molecule has 2 atom stereocenters. The number of rotatable bonds is 2. The number of piperidine rings is 1. The molecular weight excluding hydrogens is 216 g/mol. The maximum Gasteiger partial charge on any atom is 0.317 e. The Hall–Kier alpha value is -1.03. The molecule has 2 N–H and O–H groups in total. The van der Waals surface area contributed by atoms with Crippen LogP contribution in [0.4, 0.5) is 4.79 Å². The molecule has 96 valence electrons. The standard InChI is InChI=1S/C13H22N2O2/c1-2-8-14-12(16)15-9-7-13(17)6-4-3-5-11(13)10-15/h2,11,17H,1,3-10H2,(H,14,16)/t11-,13-/m0/s1. The van der Waals surface area contributed by atoms with Gasteiger partial charge < -0.3 is 15.3 Å². The molecule has 17 heavy (non-hydrogen) atoms. The number of fused-ring (bicyclic) bond motifs is 1. The van der Waals surface area contributed by atoms with Crippen molar-refractivity contribution in [3.63, 3.8) is 0 Å². The molecule has 0 aromatic carbocycles. The van der Waals surface area contributed by atoms with Crippen molar-refractivity contribution in [2.24, 2.45) is 5.92 Å².